The summed E-state index contributed by atoms with van der Waals surface area (Å²) >= 11 is 0. The number of benzene rings is 2. The lowest BCUT2D eigenvalue weighted by Gasteiger charge is -2.14. The van der Waals surface area contributed by atoms with Crippen LogP contribution in [0.5, 0.6) is 5.75 Å². The van der Waals surface area contributed by atoms with Crippen molar-refractivity contribution in [3.63, 3.8) is 0 Å². The van der Waals surface area contributed by atoms with Crippen molar-refractivity contribution in [1.82, 2.24) is 0 Å². The first-order valence-electron chi connectivity index (χ1n) is 6.16. The molecule has 4 heteroatoms. The Morgan fingerprint density at radius 3 is 2.75 bits per heavy atom. The molecular formula is C16H15NO3. The standard InChI is InChI=1S/C16H15NO3/c1-19-14-7-4-5-12(9-14)11-20-16(18)15-8-3-2-6-13(15)10-17/h2-9,16,18H,11H2,1H3. The Morgan fingerprint density at radius 2 is 2.00 bits per heavy atom. The van der Waals surface area contributed by atoms with Gasteiger partial charge < -0.3 is 14.6 Å². The monoisotopic (exact) mass is 269 g/mol. The zero-order valence-corrected chi connectivity index (χ0v) is 11.1. The van der Waals surface area contributed by atoms with Crippen LogP contribution in [0.15, 0.2) is 48.5 Å². The van der Waals surface area contributed by atoms with Gasteiger partial charge in [0.25, 0.3) is 0 Å². The molecule has 0 aliphatic rings. The highest BCUT2D eigenvalue weighted by Crippen LogP contribution is 2.21. The third kappa shape index (κ3) is 3.35. The Morgan fingerprint density at radius 1 is 1.20 bits per heavy atom. The zero-order chi connectivity index (χ0) is 14.4. The number of ether oxygens (including phenoxy) is 2. The molecule has 1 atom stereocenters. The first-order valence-corrected chi connectivity index (χ1v) is 6.16. The number of hydrogen-bond donors (Lipinski definition) is 1. The first-order chi connectivity index (χ1) is 9.74. The molecule has 0 aliphatic heterocycles. The Hall–Kier alpha value is -2.35. The molecule has 0 amide bonds. The zero-order valence-electron chi connectivity index (χ0n) is 11.1. The predicted molar refractivity (Wildman–Crippen MR) is 73.9 cm³/mol. The Kier molecular flexibility index (Phi) is 4.72. The lowest BCUT2D eigenvalue weighted by molar-refractivity contribution is -0.112. The quantitative estimate of drug-likeness (QED) is 0.848. The van der Waals surface area contributed by atoms with Gasteiger partial charge in [-0.05, 0) is 23.8 Å². The van der Waals surface area contributed by atoms with Crippen LogP contribution in [-0.4, -0.2) is 12.2 Å². The van der Waals surface area contributed by atoms with E-state index in [1.807, 2.05) is 30.3 Å². The van der Waals surface area contributed by atoms with Crippen LogP contribution in [0, 0.1) is 11.3 Å². The summed E-state index contributed by atoms with van der Waals surface area (Å²) in [6, 6.07) is 16.3. The van der Waals surface area contributed by atoms with Gasteiger partial charge in [0.15, 0.2) is 6.29 Å². The number of hydrogen-bond acceptors (Lipinski definition) is 4. The Bertz CT molecular complexity index is 619. The number of methoxy groups -OCH3 is 1. The average molecular weight is 269 g/mol. The molecule has 2 rings (SSSR count). The summed E-state index contributed by atoms with van der Waals surface area (Å²) < 4.78 is 10.5. The molecule has 0 heterocycles. The van der Waals surface area contributed by atoms with Crippen LogP contribution in [0.3, 0.4) is 0 Å². The number of rotatable bonds is 5. The molecule has 0 aliphatic carbocycles. The minimum atomic E-state index is -1.13. The lowest BCUT2D eigenvalue weighted by Crippen LogP contribution is -2.05. The summed E-state index contributed by atoms with van der Waals surface area (Å²) in [6.45, 7) is 0.234. The van der Waals surface area contributed by atoms with E-state index in [0.717, 1.165) is 11.3 Å². The molecule has 0 spiro atoms. The van der Waals surface area contributed by atoms with Gasteiger partial charge in [-0.1, -0.05) is 30.3 Å². The van der Waals surface area contributed by atoms with Crippen molar-refractivity contribution in [1.29, 1.82) is 5.26 Å². The van der Waals surface area contributed by atoms with Crippen LogP contribution < -0.4 is 4.74 Å². The molecule has 0 fully saturated rings. The molecule has 0 saturated heterocycles. The minimum Gasteiger partial charge on any atom is -0.497 e. The second-order valence-corrected chi connectivity index (χ2v) is 4.21. The fourth-order valence-corrected chi connectivity index (χ4v) is 1.84. The van der Waals surface area contributed by atoms with Crippen LogP contribution in [0.2, 0.25) is 0 Å². The van der Waals surface area contributed by atoms with Crippen molar-refractivity contribution in [3.05, 3.63) is 65.2 Å². The van der Waals surface area contributed by atoms with Crippen LogP contribution >= 0.6 is 0 Å². The van der Waals surface area contributed by atoms with E-state index in [1.54, 1.807) is 31.4 Å². The summed E-state index contributed by atoms with van der Waals surface area (Å²) in [6.07, 6.45) is -1.13. The van der Waals surface area contributed by atoms with Gasteiger partial charge in [-0.3, -0.25) is 0 Å². The number of aliphatic hydroxyl groups excluding tert-OH is 1. The third-order valence-electron chi connectivity index (χ3n) is 2.89. The summed E-state index contributed by atoms with van der Waals surface area (Å²) in [5.74, 6) is 0.734. The molecule has 0 saturated carbocycles. The fraction of sp³-hybridized carbons (Fsp3) is 0.188. The van der Waals surface area contributed by atoms with Gasteiger partial charge in [0.1, 0.15) is 5.75 Å². The van der Waals surface area contributed by atoms with Crippen molar-refractivity contribution in [2.24, 2.45) is 0 Å². The van der Waals surface area contributed by atoms with Crippen LogP contribution in [0.1, 0.15) is 23.0 Å². The number of nitrogens with zero attached hydrogens (tertiary/aromatic N) is 1. The van der Waals surface area contributed by atoms with E-state index in [-0.39, 0.29) is 6.61 Å². The second-order valence-electron chi connectivity index (χ2n) is 4.21. The van der Waals surface area contributed by atoms with E-state index < -0.39 is 6.29 Å². The van der Waals surface area contributed by atoms with Crippen LogP contribution in [0.25, 0.3) is 0 Å². The lowest BCUT2D eigenvalue weighted by atomic mass is 10.1. The van der Waals surface area contributed by atoms with E-state index >= 15 is 0 Å². The van der Waals surface area contributed by atoms with Crippen molar-refractivity contribution in [2.45, 2.75) is 12.9 Å². The molecule has 4 nitrogen and oxygen atoms in total. The summed E-state index contributed by atoms with van der Waals surface area (Å²) in [5, 5.41) is 19.0. The Balaban J connectivity index is 2.05. The van der Waals surface area contributed by atoms with Gasteiger partial charge >= 0.3 is 0 Å². The highest BCUT2D eigenvalue weighted by atomic mass is 16.6. The highest BCUT2D eigenvalue weighted by molar-refractivity contribution is 5.38. The highest BCUT2D eigenvalue weighted by Gasteiger charge is 2.12. The largest absolute Gasteiger partial charge is 0.497 e. The number of aliphatic hydroxyl groups is 1. The molecule has 1 N–H and O–H groups in total. The molecular weight excluding hydrogens is 254 g/mol. The third-order valence-corrected chi connectivity index (χ3v) is 2.89. The van der Waals surface area contributed by atoms with Crippen molar-refractivity contribution in [3.8, 4) is 11.8 Å². The van der Waals surface area contributed by atoms with Gasteiger partial charge in [-0.2, -0.15) is 5.26 Å². The summed E-state index contributed by atoms with van der Waals surface area (Å²) in [5.41, 5.74) is 1.77. The van der Waals surface area contributed by atoms with Crippen LogP contribution in [-0.2, 0) is 11.3 Å². The van der Waals surface area contributed by atoms with E-state index in [4.69, 9.17) is 14.7 Å². The van der Waals surface area contributed by atoms with Gasteiger partial charge in [-0.25, -0.2) is 0 Å². The first kappa shape index (κ1) is 14.1. The molecule has 0 radical (unpaired) electrons. The Labute approximate surface area is 117 Å². The van der Waals surface area contributed by atoms with Crippen molar-refractivity contribution < 1.29 is 14.6 Å². The molecule has 0 bridgehead atoms. The minimum absolute atomic E-state index is 0.234. The molecule has 2 aromatic carbocycles. The molecule has 102 valence electrons. The van der Waals surface area contributed by atoms with Gasteiger partial charge in [0, 0.05) is 5.56 Å². The summed E-state index contributed by atoms with van der Waals surface area (Å²) in [7, 11) is 1.60. The summed E-state index contributed by atoms with van der Waals surface area (Å²) in [4.78, 5) is 0. The average Bonchev–Trinajstić information content (AvgIpc) is 2.52. The number of nitriles is 1. The molecule has 2 aromatic rings. The van der Waals surface area contributed by atoms with Gasteiger partial charge in [0.2, 0.25) is 0 Å². The maximum Gasteiger partial charge on any atom is 0.182 e. The maximum absolute atomic E-state index is 10.0. The normalized spacial score (nSPS) is 11.7. The van der Waals surface area contributed by atoms with Crippen molar-refractivity contribution >= 4 is 0 Å². The van der Waals surface area contributed by atoms with E-state index in [2.05, 4.69) is 0 Å². The smallest absolute Gasteiger partial charge is 0.182 e. The second kappa shape index (κ2) is 6.71. The fourth-order valence-electron chi connectivity index (χ4n) is 1.84. The maximum atomic E-state index is 10.0. The van der Waals surface area contributed by atoms with Gasteiger partial charge in [-0.15, -0.1) is 0 Å². The molecule has 0 aromatic heterocycles. The topological polar surface area (TPSA) is 62.5 Å². The van der Waals surface area contributed by atoms with Crippen molar-refractivity contribution in [2.75, 3.05) is 7.11 Å². The van der Waals surface area contributed by atoms with Gasteiger partial charge in [0.05, 0.1) is 25.3 Å². The molecule has 1 unspecified atom stereocenters. The molecule has 20 heavy (non-hydrogen) atoms. The van der Waals surface area contributed by atoms with E-state index in [1.165, 1.54) is 0 Å². The SMILES string of the molecule is COc1cccc(COC(O)c2ccccc2C#N)c1. The van der Waals surface area contributed by atoms with E-state index in [9.17, 15) is 5.11 Å². The van der Waals surface area contributed by atoms with Crippen LogP contribution in [0.4, 0.5) is 0 Å². The predicted octanol–water partition coefficient (Wildman–Crippen LogP) is 2.77. The van der Waals surface area contributed by atoms with E-state index in [0.29, 0.717) is 11.1 Å².